The summed E-state index contributed by atoms with van der Waals surface area (Å²) in [5.74, 6) is -33.7. The molecule has 0 aliphatic carbocycles. The van der Waals surface area contributed by atoms with E-state index in [1.807, 2.05) is 0 Å². The molecule has 0 saturated heterocycles. The van der Waals surface area contributed by atoms with Crippen molar-refractivity contribution in [2.45, 2.75) is 79.6 Å². The summed E-state index contributed by atoms with van der Waals surface area (Å²) >= 11 is 0. The Morgan fingerprint density at radius 2 is 0.558 bits per heavy atom. The highest BCUT2D eigenvalue weighted by molar-refractivity contribution is 4.98. The van der Waals surface area contributed by atoms with E-state index in [-0.39, 0.29) is 6.92 Å². The van der Waals surface area contributed by atoms with Crippen LogP contribution in [0.1, 0.15) is 6.92 Å². The van der Waals surface area contributed by atoms with Gasteiger partial charge in [-0.25, -0.2) is 0 Å². The average Bonchev–Trinajstić information content (AvgIpc) is 2.68. The van der Waals surface area contributed by atoms with E-state index in [1.54, 1.807) is 0 Å². The van der Waals surface area contributed by atoms with Crippen molar-refractivity contribution in [3.05, 3.63) is 0 Å². The van der Waals surface area contributed by atoms with E-state index in [9.17, 15) is 110 Å². The fourth-order valence-electron chi connectivity index (χ4n) is 2.01. The zero-order chi connectivity index (χ0) is 35.5. The van der Waals surface area contributed by atoms with Gasteiger partial charge in [-0.3, -0.25) is 14.2 Å². The number of alkyl halides is 25. The van der Waals surface area contributed by atoms with Crippen molar-refractivity contribution in [1.82, 2.24) is 0 Å². The van der Waals surface area contributed by atoms with E-state index in [0.717, 1.165) is 9.47 Å². The van der Waals surface area contributed by atoms with Gasteiger partial charge in [-0.15, -0.1) is 0 Å². The number of hydrogen-bond acceptors (Lipinski definition) is 4. The minimum absolute atomic E-state index is 0.164. The summed E-state index contributed by atoms with van der Waals surface area (Å²) in [6, 6.07) is 0. The fraction of sp³-hybridized carbons (Fsp3) is 1.00. The van der Waals surface area contributed by atoms with Crippen molar-refractivity contribution in [1.29, 1.82) is 0 Å². The molecule has 0 N–H and O–H groups in total. The van der Waals surface area contributed by atoms with Gasteiger partial charge in [-0.1, -0.05) is 0 Å². The first-order valence-corrected chi connectivity index (χ1v) is 9.15. The number of hydrogen-bond donors (Lipinski definition) is 0. The lowest BCUT2D eigenvalue weighted by atomic mass is 10.2. The van der Waals surface area contributed by atoms with Gasteiger partial charge >= 0.3 is 72.6 Å². The van der Waals surface area contributed by atoms with Crippen LogP contribution in [0.5, 0.6) is 0 Å². The number of halogens is 25. The highest BCUT2D eigenvalue weighted by Gasteiger charge is 2.89. The first-order valence-electron chi connectivity index (χ1n) is 9.15. The third-order valence-corrected chi connectivity index (χ3v) is 4.07. The molecule has 0 rings (SSSR count). The summed E-state index contributed by atoms with van der Waals surface area (Å²) < 4.78 is 334. The van der Waals surface area contributed by atoms with Gasteiger partial charge in [0.2, 0.25) is 0 Å². The molecule has 29 heteroatoms. The third-order valence-electron chi connectivity index (χ3n) is 4.07. The molecule has 0 heterocycles. The molecular weight excluding hydrogens is 707 g/mol. The molecule has 43 heavy (non-hydrogen) atoms. The second-order valence-corrected chi connectivity index (χ2v) is 7.16. The fourth-order valence-corrected chi connectivity index (χ4v) is 2.01. The third kappa shape index (κ3) is 6.86. The molecule has 3 atom stereocenters. The molecule has 0 radical (unpaired) electrons. The summed E-state index contributed by atoms with van der Waals surface area (Å²) in [7, 11) is 0. The molecule has 0 fully saturated rings. The zero-order valence-electron chi connectivity index (χ0n) is 18.8. The summed E-state index contributed by atoms with van der Waals surface area (Å²) in [6.45, 7) is -1.78. The van der Waals surface area contributed by atoms with Crippen molar-refractivity contribution in [3.8, 4) is 0 Å². The first kappa shape index (κ1) is 41.1. The Bertz CT molecular complexity index is 963. The van der Waals surface area contributed by atoms with Gasteiger partial charge in [-0.05, 0) is 6.92 Å². The molecule has 3 unspecified atom stereocenters. The van der Waals surface area contributed by atoms with E-state index >= 15 is 0 Å². The quantitative estimate of drug-likeness (QED) is 0.191. The van der Waals surface area contributed by atoms with E-state index in [2.05, 4.69) is 4.74 Å². The maximum atomic E-state index is 14.2. The Morgan fingerprint density at radius 3 is 0.767 bits per heavy atom. The standard InChI is InChI=1S/C14H5F25O4/c1-2-40-12(34,35)4(17,8(23,24)25)42-14(38,39)6(19,10(29,30)31)43-13(36,37)5(18,9(26,27)28)41-11(32,33)3(15,16)7(20,21)22/h2H2,1H3. The lowest BCUT2D eigenvalue weighted by molar-refractivity contribution is -0.588. The second-order valence-electron chi connectivity index (χ2n) is 7.16. The van der Waals surface area contributed by atoms with Crippen LogP contribution >= 0.6 is 0 Å². The van der Waals surface area contributed by atoms with E-state index in [1.165, 1.54) is 4.74 Å². The van der Waals surface area contributed by atoms with Crippen LogP contribution in [0.2, 0.25) is 0 Å². The van der Waals surface area contributed by atoms with Crippen LogP contribution in [0.3, 0.4) is 0 Å². The molecule has 0 aliphatic rings. The molecule has 0 bridgehead atoms. The van der Waals surface area contributed by atoms with Crippen LogP contribution in [-0.2, 0) is 18.9 Å². The van der Waals surface area contributed by atoms with Gasteiger partial charge in [0.05, 0.1) is 6.61 Å². The monoisotopic (exact) mass is 712 g/mol. The lowest BCUT2D eigenvalue weighted by Gasteiger charge is -2.43. The van der Waals surface area contributed by atoms with Crippen molar-refractivity contribution in [2.75, 3.05) is 6.61 Å². The summed E-state index contributed by atoms with van der Waals surface area (Å²) in [5, 5.41) is 0. The van der Waals surface area contributed by atoms with Crippen LogP contribution in [0, 0.1) is 0 Å². The van der Waals surface area contributed by atoms with Gasteiger partial charge in [0.1, 0.15) is 0 Å². The largest absolute Gasteiger partial charge is 0.462 e. The zero-order valence-corrected chi connectivity index (χ0v) is 18.8. The maximum absolute atomic E-state index is 14.2. The molecule has 0 aromatic rings. The first-order chi connectivity index (χ1) is 18.2. The molecular formula is C14H5F25O4. The minimum atomic E-state index is -8.85. The Morgan fingerprint density at radius 1 is 0.326 bits per heavy atom. The molecule has 0 aromatic carbocycles. The Kier molecular flexibility index (Phi) is 10.4. The van der Waals surface area contributed by atoms with Gasteiger partial charge < -0.3 is 4.74 Å². The smallest absolute Gasteiger partial charge is 0.316 e. The summed E-state index contributed by atoms with van der Waals surface area (Å²) in [6.07, 6.45) is -65.8. The number of ether oxygens (including phenoxy) is 4. The summed E-state index contributed by atoms with van der Waals surface area (Å²) in [4.78, 5) is 0. The second kappa shape index (κ2) is 10.9. The van der Waals surface area contributed by atoms with Gasteiger partial charge in [-0.2, -0.15) is 110 Å². The Labute approximate surface area is 216 Å². The molecule has 260 valence electrons. The predicted octanol–water partition coefficient (Wildman–Crippen LogP) is 8.33. The Balaban J connectivity index is 7.39. The molecule has 4 nitrogen and oxygen atoms in total. The molecule has 0 aromatic heterocycles. The predicted molar refractivity (Wildman–Crippen MR) is 75.4 cm³/mol. The highest BCUT2D eigenvalue weighted by Crippen LogP contribution is 2.60. The van der Waals surface area contributed by atoms with Gasteiger partial charge in [0.15, 0.2) is 0 Å². The molecule has 0 spiro atoms. The minimum Gasteiger partial charge on any atom is -0.316 e. The lowest BCUT2D eigenvalue weighted by Crippen LogP contribution is -2.71. The molecule has 0 saturated carbocycles. The van der Waals surface area contributed by atoms with Gasteiger partial charge in [0.25, 0.3) is 0 Å². The Hall–Kier alpha value is -1.91. The van der Waals surface area contributed by atoms with Crippen LogP contribution < -0.4 is 0 Å². The van der Waals surface area contributed by atoms with Gasteiger partial charge in [0, 0.05) is 0 Å². The highest BCUT2D eigenvalue weighted by atomic mass is 19.4. The number of rotatable bonds is 12. The normalized spacial score (nSPS) is 20.0. The van der Waals surface area contributed by atoms with Crippen molar-refractivity contribution in [3.63, 3.8) is 0 Å². The summed E-state index contributed by atoms with van der Waals surface area (Å²) in [5.41, 5.74) is 0. The van der Waals surface area contributed by atoms with E-state index in [4.69, 9.17) is 0 Å². The van der Waals surface area contributed by atoms with Crippen LogP contribution in [-0.4, -0.2) is 79.2 Å². The maximum Gasteiger partial charge on any atom is 0.462 e. The average molecular weight is 712 g/mol. The van der Waals surface area contributed by atoms with Crippen LogP contribution in [0.25, 0.3) is 0 Å². The van der Waals surface area contributed by atoms with E-state index in [0.29, 0.717) is 0 Å². The van der Waals surface area contributed by atoms with Crippen LogP contribution in [0.4, 0.5) is 110 Å². The van der Waals surface area contributed by atoms with Crippen molar-refractivity contribution < 1.29 is 129 Å². The topological polar surface area (TPSA) is 36.9 Å². The molecule has 0 aliphatic heterocycles. The SMILES string of the molecule is CCOC(F)(F)C(F)(OC(F)(F)C(F)(OC(F)(F)C(F)(OC(F)(F)C(F)(F)C(F)(F)F)C(F)(F)F)C(F)(F)F)C(F)(F)F. The molecule has 0 amide bonds. The van der Waals surface area contributed by atoms with Crippen molar-refractivity contribution in [2.24, 2.45) is 0 Å². The van der Waals surface area contributed by atoms with E-state index < -0.39 is 79.2 Å². The van der Waals surface area contributed by atoms with Crippen LogP contribution in [0.15, 0.2) is 0 Å². The van der Waals surface area contributed by atoms with Crippen molar-refractivity contribution >= 4 is 0 Å².